The van der Waals surface area contributed by atoms with Gasteiger partial charge in [0.1, 0.15) is 5.82 Å². The Labute approximate surface area is 89.7 Å². The second-order valence-corrected chi connectivity index (χ2v) is 3.91. The summed E-state index contributed by atoms with van der Waals surface area (Å²) in [6.07, 6.45) is 0. The van der Waals surface area contributed by atoms with E-state index in [1.165, 1.54) is 0 Å². The Hall–Kier alpha value is -1.07. The number of aliphatic hydroxyl groups is 1. The predicted octanol–water partition coefficient (Wildman–Crippen LogP) is -0.370. The highest BCUT2D eigenvalue weighted by atomic mass is 16.3. The van der Waals surface area contributed by atoms with Crippen molar-refractivity contribution in [1.82, 2.24) is 15.1 Å². The summed E-state index contributed by atoms with van der Waals surface area (Å²) in [6, 6.07) is 0. The first-order chi connectivity index (χ1) is 7.24. The molecule has 1 fully saturated rings. The minimum atomic E-state index is 0.0684. The van der Waals surface area contributed by atoms with Crippen molar-refractivity contribution in [3.63, 3.8) is 0 Å². The highest BCUT2D eigenvalue weighted by Gasteiger charge is 2.19. The molecule has 2 N–H and O–H groups in total. The van der Waals surface area contributed by atoms with Crippen molar-refractivity contribution >= 4 is 5.82 Å². The molecule has 0 aliphatic carbocycles. The van der Waals surface area contributed by atoms with Gasteiger partial charge in [-0.3, -0.25) is 4.68 Å². The fourth-order valence-corrected chi connectivity index (χ4v) is 2.15. The zero-order valence-corrected chi connectivity index (χ0v) is 9.32. The fourth-order valence-electron chi connectivity index (χ4n) is 2.15. The number of aromatic nitrogens is 2. The van der Waals surface area contributed by atoms with Crippen molar-refractivity contribution in [2.75, 3.05) is 31.1 Å². The summed E-state index contributed by atoms with van der Waals surface area (Å²) < 4.78 is 1.87. The van der Waals surface area contributed by atoms with Gasteiger partial charge < -0.3 is 15.3 Å². The summed E-state index contributed by atoms with van der Waals surface area (Å²) in [5, 5.41) is 17.0. The zero-order valence-electron chi connectivity index (χ0n) is 9.32. The SMILES string of the molecule is Cc1nn(C)c(N2CCNCC2)c1CO. The lowest BCUT2D eigenvalue weighted by Crippen LogP contribution is -2.44. The molecular weight excluding hydrogens is 192 g/mol. The van der Waals surface area contributed by atoms with Crippen molar-refractivity contribution < 1.29 is 5.11 Å². The maximum absolute atomic E-state index is 9.35. The molecular formula is C10H18N4O. The summed E-state index contributed by atoms with van der Waals surface area (Å²) in [7, 11) is 1.93. The second kappa shape index (κ2) is 4.20. The number of nitrogens with zero attached hydrogens (tertiary/aromatic N) is 3. The van der Waals surface area contributed by atoms with E-state index in [1.807, 2.05) is 18.7 Å². The van der Waals surface area contributed by atoms with Crippen molar-refractivity contribution in [3.8, 4) is 0 Å². The van der Waals surface area contributed by atoms with Gasteiger partial charge in [-0.2, -0.15) is 5.10 Å². The molecule has 0 amide bonds. The predicted molar refractivity (Wildman–Crippen MR) is 59.0 cm³/mol. The molecule has 1 aromatic heterocycles. The lowest BCUT2D eigenvalue weighted by atomic mass is 10.2. The van der Waals surface area contributed by atoms with Gasteiger partial charge in [0.2, 0.25) is 0 Å². The van der Waals surface area contributed by atoms with Gasteiger partial charge in [-0.15, -0.1) is 0 Å². The van der Waals surface area contributed by atoms with Gasteiger partial charge in [-0.1, -0.05) is 0 Å². The van der Waals surface area contributed by atoms with Crippen LogP contribution in [0.15, 0.2) is 0 Å². The molecule has 1 aliphatic heterocycles. The molecule has 84 valence electrons. The number of aliphatic hydroxyl groups excluding tert-OH is 1. The van der Waals surface area contributed by atoms with E-state index < -0.39 is 0 Å². The number of nitrogens with one attached hydrogen (secondary N) is 1. The number of piperazine rings is 1. The molecule has 1 aliphatic rings. The number of anilines is 1. The van der Waals surface area contributed by atoms with Crippen LogP contribution in [-0.2, 0) is 13.7 Å². The maximum atomic E-state index is 9.35. The lowest BCUT2D eigenvalue weighted by molar-refractivity contribution is 0.281. The molecule has 0 radical (unpaired) electrons. The van der Waals surface area contributed by atoms with Crippen molar-refractivity contribution in [3.05, 3.63) is 11.3 Å². The summed E-state index contributed by atoms with van der Waals surface area (Å²) in [4.78, 5) is 2.28. The second-order valence-electron chi connectivity index (χ2n) is 3.91. The van der Waals surface area contributed by atoms with Crippen molar-refractivity contribution in [2.24, 2.45) is 7.05 Å². The lowest BCUT2D eigenvalue weighted by Gasteiger charge is -2.29. The van der Waals surface area contributed by atoms with Crippen molar-refractivity contribution in [1.29, 1.82) is 0 Å². The molecule has 0 atom stereocenters. The number of rotatable bonds is 2. The molecule has 5 nitrogen and oxygen atoms in total. The highest BCUT2D eigenvalue weighted by molar-refractivity contribution is 5.50. The van der Waals surface area contributed by atoms with Gasteiger partial charge in [0.15, 0.2) is 0 Å². The van der Waals surface area contributed by atoms with Crippen LogP contribution in [0.3, 0.4) is 0 Å². The average molecular weight is 210 g/mol. The first-order valence-electron chi connectivity index (χ1n) is 5.33. The van der Waals surface area contributed by atoms with Crippen LogP contribution >= 0.6 is 0 Å². The quantitative estimate of drug-likeness (QED) is 0.699. The van der Waals surface area contributed by atoms with Crippen LogP contribution < -0.4 is 10.2 Å². The van der Waals surface area contributed by atoms with Gasteiger partial charge in [0.05, 0.1) is 12.3 Å². The van der Waals surface area contributed by atoms with Gasteiger partial charge in [0, 0.05) is 38.8 Å². The Morgan fingerprint density at radius 3 is 2.67 bits per heavy atom. The number of hydrogen-bond acceptors (Lipinski definition) is 4. The van der Waals surface area contributed by atoms with Gasteiger partial charge in [-0.05, 0) is 6.92 Å². The topological polar surface area (TPSA) is 53.3 Å². The van der Waals surface area contributed by atoms with Gasteiger partial charge >= 0.3 is 0 Å². The summed E-state index contributed by atoms with van der Waals surface area (Å²) in [5.41, 5.74) is 1.88. The molecule has 0 spiro atoms. The normalized spacial score (nSPS) is 17.1. The van der Waals surface area contributed by atoms with E-state index in [1.54, 1.807) is 0 Å². The van der Waals surface area contributed by atoms with Crippen LogP contribution in [0.1, 0.15) is 11.3 Å². The monoisotopic (exact) mass is 210 g/mol. The van der Waals surface area contributed by atoms with E-state index in [9.17, 15) is 5.11 Å². The number of aryl methyl sites for hydroxylation is 2. The largest absolute Gasteiger partial charge is 0.391 e. The van der Waals surface area contributed by atoms with E-state index >= 15 is 0 Å². The molecule has 0 bridgehead atoms. The third-order valence-electron chi connectivity index (χ3n) is 2.89. The first-order valence-corrected chi connectivity index (χ1v) is 5.33. The molecule has 2 rings (SSSR count). The first kappa shape index (κ1) is 10.4. The Kier molecular flexibility index (Phi) is 2.93. The maximum Gasteiger partial charge on any atom is 0.132 e. The molecule has 15 heavy (non-hydrogen) atoms. The zero-order chi connectivity index (χ0) is 10.8. The smallest absolute Gasteiger partial charge is 0.132 e. The fraction of sp³-hybridized carbons (Fsp3) is 0.700. The minimum Gasteiger partial charge on any atom is -0.391 e. The molecule has 5 heteroatoms. The third-order valence-corrected chi connectivity index (χ3v) is 2.89. The Bertz CT molecular complexity index is 341. The third kappa shape index (κ3) is 1.85. The van der Waals surface area contributed by atoms with Crippen LogP contribution in [0.2, 0.25) is 0 Å². The average Bonchev–Trinajstić information content (AvgIpc) is 2.54. The standard InChI is InChI=1S/C10H18N4O/c1-8-9(7-15)10(13(2)12-8)14-5-3-11-4-6-14/h11,15H,3-7H2,1-2H3. The number of hydrogen-bond donors (Lipinski definition) is 2. The van der Waals surface area contributed by atoms with Crippen LogP contribution in [-0.4, -0.2) is 41.1 Å². The Balaban J connectivity index is 2.32. The van der Waals surface area contributed by atoms with Gasteiger partial charge in [0.25, 0.3) is 0 Å². The minimum absolute atomic E-state index is 0.0684. The van der Waals surface area contributed by atoms with Crippen LogP contribution in [0.5, 0.6) is 0 Å². The molecule has 1 aromatic rings. The molecule has 0 saturated carbocycles. The molecule has 2 heterocycles. The van der Waals surface area contributed by atoms with E-state index in [0.29, 0.717) is 0 Å². The Morgan fingerprint density at radius 2 is 2.07 bits per heavy atom. The summed E-state index contributed by atoms with van der Waals surface area (Å²) >= 11 is 0. The van der Waals surface area contributed by atoms with E-state index in [-0.39, 0.29) is 6.61 Å². The molecule has 1 saturated heterocycles. The van der Waals surface area contributed by atoms with E-state index in [0.717, 1.165) is 43.3 Å². The summed E-state index contributed by atoms with van der Waals surface area (Å²) in [5.74, 6) is 1.07. The summed E-state index contributed by atoms with van der Waals surface area (Å²) in [6.45, 7) is 5.96. The van der Waals surface area contributed by atoms with Gasteiger partial charge in [-0.25, -0.2) is 0 Å². The van der Waals surface area contributed by atoms with E-state index in [4.69, 9.17) is 0 Å². The van der Waals surface area contributed by atoms with Crippen molar-refractivity contribution in [2.45, 2.75) is 13.5 Å². The van der Waals surface area contributed by atoms with Crippen LogP contribution in [0, 0.1) is 6.92 Å². The molecule has 0 aromatic carbocycles. The molecule has 0 unspecified atom stereocenters. The highest BCUT2D eigenvalue weighted by Crippen LogP contribution is 2.23. The van der Waals surface area contributed by atoms with Crippen LogP contribution in [0.4, 0.5) is 5.82 Å². The van der Waals surface area contributed by atoms with Crippen LogP contribution in [0.25, 0.3) is 0 Å². The van der Waals surface area contributed by atoms with E-state index in [2.05, 4.69) is 15.3 Å². The Morgan fingerprint density at radius 1 is 1.40 bits per heavy atom.